The van der Waals surface area contributed by atoms with Gasteiger partial charge in [0.15, 0.2) is 9.84 Å². The van der Waals surface area contributed by atoms with Crippen molar-refractivity contribution in [3.8, 4) is 0 Å². The van der Waals surface area contributed by atoms with Gasteiger partial charge in [-0.05, 0) is 6.42 Å². The molecule has 0 amide bonds. The second-order valence-electron chi connectivity index (χ2n) is 4.35. The topological polar surface area (TPSA) is 89.3 Å². The Balaban J connectivity index is 1.90. The molecule has 1 atom stereocenters. The van der Waals surface area contributed by atoms with Gasteiger partial charge in [-0.3, -0.25) is 10.1 Å². The normalized spacial score (nSPS) is 20.5. The van der Waals surface area contributed by atoms with Crippen LogP contribution in [0.1, 0.15) is 5.56 Å². The molecular formula is C12H14N2O4S. The molecule has 102 valence electrons. The first kappa shape index (κ1) is 13.7. The molecule has 0 spiro atoms. The number of benzene rings is 1. The molecule has 1 N–H and O–H groups in total. The summed E-state index contributed by atoms with van der Waals surface area (Å²) in [6, 6.07) is 6.35. The van der Waals surface area contributed by atoms with Gasteiger partial charge in [-0.2, -0.15) is 0 Å². The van der Waals surface area contributed by atoms with Crippen molar-refractivity contribution in [2.24, 2.45) is 0 Å². The van der Waals surface area contributed by atoms with Crippen LogP contribution in [0.15, 0.2) is 35.7 Å². The Hall–Kier alpha value is -1.73. The standard InChI is InChI=1S/C12H14N2O4S/c15-14(16)12-4-2-1-3-10(12)5-7-13-11-6-8-19(17,18)9-11/h1-4,6,8,11,13H,5,7,9H2. The van der Waals surface area contributed by atoms with Gasteiger partial charge in [-0.25, -0.2) is 8.42 Å². The molecule has 1 aromatic rings. The first-order valence-electron chi connectivity index (χ1n) is 5.84. The summed E-state index contributed by atoms with van der Waals surface area (Å²) in [4.78, 5) is 10.4. The highest BCUT2D eigenvalue weighted by atomic mass is 32.2. The summed E-state index contributed by atoms with van der Waals surface area (Å²) >= 11 is 0. The van der Waals surface area contributed by atoms with E-state index in [1.54, 1.807) is 24.3 Å². The third kappa shape index (κ3) is 3.62. The molecule has 7 heteroatoms. The van der Waals surface area contributed by atoms with Crippen LogP contribution in [0.25, 0.3) is 0 Å². The molecule has 1 heterocycles. The van der Waals surface area contributed by atoms with Crippen LogP contribution in [0.4, 0.5) is 5.69 Å². The molecule has 0 aliphatic carbocycles. The Morgan fingerprint density at radius 2 is 2.11 bits per heavy atom. The molecule has 1 aromatic carbocycles. The van der Waals surface area contributed by atoms with E-state index in [1.165, 1.54) is 11.5 Å². The number of sulfone groups is 1. The molecule has 0 fully saturated rings. The fourth-order valence-electron chi connectivity index (χ4n) is 2.00. The highest BCUT2D eigenvalue weighted by Gasteiger charge is 2.21. The third-order valence-corrected chi connectivity index (χ3v) is 4.31. The number of nitro benzene ring substituents is 1. The van der Waals surface area contributed by atoms with Crippen molar-refractivity contribution in [1.82, 2.24) is 5.32 Å². The summed E-state index contributed by atoms with van der Waals surface area (Å²) in [6.07, 6.45) is 2.09. The van der Waals surface area contributed by atoms with Crippen molar-refractivity contribution < 1.29 is 13.3 Å². The minimum atomic E-state index is -3.06. The summed E-state index contributed by atoms with van der Waals surface area (Å²) < 4.78 is 22.4. The van der Waals surface area contributed by atoms with E-state index in [-0.39, 0.29) is 17.5 Å². The second-order valence-corrected chi connectivity index (χ2v) is 6.29. The number of nitro groups is 1. The van der Waals surface area contributed by atoms with E-state index in [9.17, 15) is 18.5 Å². The lowest BCUT2D eigenvalue weighted by Gasteiger charge is -2.09. The molecule has 2 rings (SSSR count). The van der Waals surface area contributed by atoms with E-state index in [0.29, 0.717) is 18.5 Å². The van der Waals surface area contributed by atoms with Crippen molar-refractivity contribution in [3.63, 3.8) is 0 Å². The van der Waals surface area contributed by atoms with Crippen molar-refractivity contribution in [2.45, 2.75) is 12.5 Å². The van der Waals surface area contributed by atoms with E-state index in [1.807, 2.05) is 0 Å². The SMILES string of the molecule is O=[N+]([O-])c1ccccc1CCNC1C=CS(=O)(=O)C1. The molecule has 0 radical (unpaired) electrons. The van der Waals surface area contributed by atoms with E-state index in [2.05, 4.69) is 5.32 Å². The predicted octanol–water partition coefficient (Wildman–Crippen LogP) is 1.04. The number of hydrogen-bond donors (Lipinski definition) is 1. The van der Waals surface area contributed by atoms with Crippen molar-refractivity contribution in [3.05, 3.63) is 51.4 Å². The predicted molar refractivity (Wildman–Crippen MR) is 71.5 cm³/mol. The van der Waals surface area contributed by atoms with E-state index in [0.717, 1.165) is 0 Å². The van der Waals surface area contributed by atoms with Gasteiger partial charge in [0, 0.05) is 29.6 Å². The quantitative estimate of drug-likeness (QED) is 0.643. The molecule has 1 unspecified atom stereocenters. The third-order valence-electron chi connectivity index (χ3n) is 2.92. The smallest absolute Gasteiger partial charge is 0.272 e. The Morgan fingerprint density at radius 3 is 2.74 bits per heavy atom. The molecule has 19 heavy (non-hydrogen) atoms. The van der Waals surface area contributed by atoms with Gasteiger partial charge >= 0.3 is 0 Å². The molecule has 1 aliphatic heterocycles. The Kier molecular flexibility index (Phi) is 3.96. The van der Waals surface area contributed by atoms with Gasteiger partial charge in [0.2, 0.25) is 0 Å². The number of nitrogens with one attached hydrogen (secondary N) is 1. The first-order chi connectivity index (χ1) is 8.98. The number of rotatable bonds is 5. The lowest BCUT2D eigenvalue weighted by Crippen LogP contribution is -2.31. The molecule has 6 nitrogen and oxygen atoms in total. The molecule has 0 saturated carbocycles. The maximum Gasteiger partial charge on any atom is 0.272 e. The lowest BCUT2D eigenvalue weighted by molar-refractivity contribution is -0.385. The fraction of sp³-hybridized carbons (Fsp3) is 0.333. The van der Waals surface area contributed by atoms with Gasteiger partial charge in [0.05, 0.1) is 10.7 Å². The van der Waals surface area contributed by atoms with Gasteiger partial charge in [0.1, 0.15) is 0 Å². The zero-order valence-corrected chi connectivity index (χ0v) is 11.0. The van der Waals surface area contributed by atoms with Crippen LogP contribution in [0, 0.1) is 10.1 Å². The summed E-state index contributed by atoms with van der Waals surface area (Å²) in [6.45, 7) is 0.495. The van der Waals surface area contributed by atoms with E-state index >= 15 is 0 Å². The minimum absolute atomic E-state index is 0.0594. The Bertz CT molecular complexity index is 610. The van der Waals surface area contributed by atoms with Crippen LogP contribution in [-0.4, -0.2) is 31.7 Å². The fourth-order valence-corrected chi connectivity index (χ4v) is 3.27. The summed E-state index contributed by atoms with van der Waals surface area (Å²) in [5.74, 6) is 0.0594. The van der Waals surface area contributed by atoms with Crippen molar-refractivity contribution >= 4 is 15.5 Å². The Morgan fingerprint density at radius 1 is 1.37 bits per heavy atom. The van der Waals surface area contributed by atoms with E-state index in [4.69, 9.17) is 0 Å². The van der Waals surface area contributed by atoms with E-state index < -0.39 is 14.8 Å². The van der Waals surface area contributed by atoms with Crippen LogP contribution >= 0.6 is 0 Å². The average molecular weight is 282 g/mol. The lowest BCUT2D eigenvalue weighted by atomic mass is 10.1. The zero-order chi connectivity index (χ0) is 13.9. The van der Waals surface area contributed by atoms with Crippen molar-refractivity contribution in [2.75, 3.05) is 12.3 Å². The molecule has 1 aliphatic rings. The Labute approximate surface area is 111 Å². The van der Waals surface area contributed by atoms with Gasteiger partial charge < -0.3 is 5.32 Å². The number of para-hydroxylation sites is 1. The highest BCUT2D eigenvalue weighted by molar-refractivity contribution is 7.94. The van der Waals surface area contributed by atoms with Gasteiger partial charge in [-0.1, -0.05) is 24.3 Å². The highest BCUT2D eigenvalue weighted by Crippen LogP contribution is 2.17. The van der Waals surface area contributed by atoms with Gasteiger partial charge in [0.25, 0.3) is 5.69 Å². The minimum Gasteiger partial charge on any atom is -0.309 e. The second kappa shape index (κ2) is 5.50. The summed E-state index contributed by atoms with van der Waals surface area (Å²) in [5, 5.41) is 15.1. The largest absolute Gasteiger partial charge is 0.309 e. The van der Waals surface area contributed by atoms with Gasteiger partial charge in [-0.15, -0.1) is 0 Å². The molecular weight excluding hydrogens is 268 g/mol. The van der Waals surface area contributed by atoms with Crippen LogP contribution in [0.2, 0.25) is 0 Å². The van der Waals surface area contributed by atoms with Crippen LogP contribution in [0.5, 0.6) is 0 Å². The van der Waals surface area contributed by atoms with Crippen LogP contribution in [-0.2, 0) is 16.3 Å². The van der Waals surface area contributed by atoms with Crippen molar-refractivity contribution in [1.29, 1.82) is 0 Å². The number of nitrogens with zero attached hydrogens (tertiary/aromatic N) is 1. The average Bonchev–Trinajstić information content (AvgIpc) is 2.69. The zero-order valence-electron chi connectivity index (χ0n) is 10.2. The maximum absolute atomic E-state index is 11.2. The maximum atomic E-state index is 11.2. The van der Waals surface area contributed by atoms with Crippen LogP contribution < -0.4 is 5.32 Å². The monoisotopic (exact) mass is 282 g/mol. The summed E-state index contributed by atoms with van der Waals surface area (Å²) in [5.41, 5.74) is 0.740. The molecule has 0 aromatic heterocycles. The van der Waals surface area contributed by atoms with Crippen LogP contribution in [0.3, 0.4) is 0 Å². The molecule has 0 saturated heterocycles. The summed E-state index contributed by atoms with van der Waals surface area (Å²) in [7, 11) is -3.06. The first-order valence-corrected chi connectivity index (χ1v) is 7.56. The molecule has 0 bridgehead atoms. The number of hydrogen-bond acceptors (Lipinski definition) is 5.